The Morgan fingerprint density at radius 2 is 2.12 bits per heavy atom. The fourth-order valence-corrected chi connectivity index (χ4v) is 2.20. The molecule has 0 bridgehead atoms. The predicted octanol–water partition coefficient (Wildman–Crippen LogP) is 3.26. The van der Waals surface area contributed by atoms with Gasteiger partial charge in [-0.2, -0.15) is 0 Å². The number of halogens is 1. The third kappa shape index (κ3) is 3.43. The molecule has 2 rings (SSSR count). The molecule has 0 atom stereocenters. The van der Waals surface area contributed by atoms with Crippen LogP contribution in [0.2, 0.25) is 0 Å². The molecule has 1 aliphatic carbocycles. The topological polar surface area (TPSA) is 21.3 Å². The minimum atomic E-state index is -0.243. The molecule has 1 aromatic carbocycles. The van der Waals surface area contributed by atoms with Crippen LogP contribution in [0.5, 0.6) is 5.75 Å². The molecule has 0 unspecified atom stereocenters. The zero-order valence-corrected chi connectivity index (χ0v) is 10.3. The van der Waals surface area contributed by atoms with Crippen molar-refractivity contribution >= 4 is 0 Å². The molecule has 1 saturated carbocycles. The van der Waals surface area contributed by atoms with Crippen molar-refractivity contribution in [2.75, 3.05) is 6.54 Å². The van der Waals surface area contributed by atoms with Crippen molar-refractivity contribution in [2.45, 2.75) is 45.3 Å². The Kier molecular flexibility index (Phi) is 4.37. The standard InChI is InChI=1S/C14H20FNO/c1-2-16-10-11-7-8-14(13(15)9-11)17-12-5-3-4-6-12/h7-9,12,16H,2-6,10H2,1H3. The van der Waals surface area contributed by atoms with Crippen molar-refractivity contribution in [3.8, 4) is 5.75 Å². The Bertz CT molecular complexity index is 361. The van der Waals surface area contributed by atoms with E-state index in [-0.39, 0.29) is 11.9 Å². The van der Waals surface area contributed by atoms with E-state index in [1.54, 1.807) is 12.1 Å². The van der Waals surface area contributed by atoms with Gasteiger partial charge in [-0.25, -0.2) is 4.39 Å². The summed E-state index contributed by atoms with van der Waals surface area (Å²) >= 11 is 0. The fraction of sp³-hybridized carbons (Fsp3) is 0.571. The normalized spacial score (nSPS) is 16.4. The van der Waals surface area contributed by atoms with E-state index in [9.17, 15) is 4.39 Å². The van der Waals surface area contributed by atoms with Crippen molar-refractivity contribution in [3.05, 3.63) is 29.6 Å². The quantitative estimate of drug-likeness (QED) is 0.848. The van der Waals surface area contributed by atoms with E-state index >= 15 is 0 Å². The number of hydrogen-bond acceptors (Lipinski definition) is 2. The van der Waals surface area contributed by atoms with Crippen LogP contribution >= 0.6 is 0 Å². The first-order valence-electron chi connectivity index (χ1n) is 6.45. The van der Waals surface area contributed by atoms with E-state index < -0.39 is 0 Å². The highest BCUT2D eigenvalue weighted by molar-refractivity contribution is 5.29. The molecule has 0 aromatic heterocycles. The van der Waals surface area contributed by atoms with E-state index in [4.69, 9.17) is 4.74 Å². The molecule has 1 aliphatic rings. The molecule has 0 heterocycles. The Morgan fingerprint density at radius 1 is 1.35 bits per heavy atom. The van der Waals surface area contributed by atoms with Crippen LogP contribution in [-0.4, -0.2) is 12.6 Å². The van der Waals surface area contributed by atoms with Crippen molar-refractivity contribution in [3.63, 3.8) is 0 Å². The zero-order valence-electron chi connectivity index (χ0n) is 10.3. The zero-order chi connectivity index (χ0) is 12.1. The summed E-state index contributed by atoms with van der Waals surface area (Å²) in [7, 11) is 0. The van der Waals surface area contributed by atoms with Crippen LogP contribution in [0.15, 0.2) is 18.2 Å². The maximum atomic E-state index is 13.8. The van der Waals surface area contributed by atoms with Gasteiger partial charge < -0.3 is 10.1 Å². The van der Waals surface area contributed by atoms with Gasteiger partial charge in [-0.15, -0.1) is 0 Å². The molecule has 0 radical (unpaired) electrons. The molecule has 1 fully saturated rings. The van der Waals surface area contributed by atoms with Gasteiger partial charge in [0.25, 0.3) is 0 Å². The molecule has 2 nitrogen and oxygen atoms in total. The lowest BCUT2D eigenvalue weighted by molar-refractivity contribution is 0.200. The van der Waals surface area contributed by atoms with Crippen LogP contribution in [0, 0.1) is 5.82 Å². The fourth-order valence-electron chi connectivity index (χ4n) is 2.20. The Hall–Kier alpha value is -1.09. The number of ether oxygens (including phenoxy) is 1. The van der Waals surface area contributed by atoms with Gasteiger partial charge in [0.15, 0.2) is 11.6 Å². The van der Waals surface area contributed by atoms with Crippen molar-refractivity contribution in [1.29, 1.82) is 0 Å². The van der Waals surface area contributed by atoms with Crippen LogP contribution in [-0.2, 0) is 6.54 Å². The summed E-state index contributed by atoms with van der Waals surface area (Å²) in [5.74, 6) is 0.157. The van der Waals surface area contributed by atoms with Gasteiger partial charge in [0.05, 0.1) is 6.10 Å². The van der Waals surface area contributed by atoms with Gasteiger partial charge in [-0.3, -0.25) is 0 Å². The first-order valence-corrected chi connectivity index (χ1v) is 6.45. The molecule has 94 valence electrons. The van der Waals surface area contributed by atoms with Crippen molar-refractivity contribution < 1.29 is 9.13 Å². The van der Waals surface area contributed by atoms with Crippen molar-refractivity contribution in [1.82, 2.24) is 5.32 Å². The van der Waals surface area contributed by atoms with Crippen molar-refractivity contribution in [2.24, 2.45) is 0 Å². The Balaban J connectivity index is 1.98. The summed E-state index contributed by atoms with van der Waals surface area (Å²) in [6, 6.07) is 5.24. The summed E-state index contributed by atoms with van der Waals surface area (Å²) < 4.78 is 19.4. The average molecular weight is 237 g/mol. The minimum absolute atomic E-state index is 0.212. The van der Waals surface area contributed by atoms with E-state index in [2.05, 4.69) is 5.32 Å². The second-order valence-corrected chi connectivity index (χ2v) is 4.57. The van der Waals surface area contributed by atoms with E-state index in [0.29, 0.717) is 12.3 Å². The lowest BCUT2D eigenvalue weighted by Gasteiger charge is -2.14. The Morgan fingerprint density at radius 3 is 2.76 bits per heavy atom. The Labute approximate surface area is 102 Å². The maximum Gasteiger partial charge on any atom is 0.165 e. The minimum Gasteiger partial charge on any atom is -0.487 e. The lowest BCUT2D eigenvalue weighted by atomic mass is 10.2. The van der Waals surface area contributed by atoms with Crippen LogP contribution in [0.3, 0.4) is 0 Å². The smallest absolute Gasteiger partial charge is 0.165 e. The SMILES string of the molecule is CCNCc1ccc(OC2CCCC2)c(F)c1. The first-order chi connectivity index (χ1) is 8.29. The third-order valence-corrected chi connectivity index (χ3v) is 3.17. The number of hydrogen-bond donors (Lipinski definition) is 1. The summed E-state index contributed by atoms with van der Waals surface area (Å²) in [6.07, 6.45) is 4.72. The van der Waals surface area contributed by atoms with Gasteiger partial charge >= 0.3 is 0 Å². The largest absolute Gasteiger partial charge is 0.487 e. The van der Waals surface area contributed by atoms with E-state index in [1.165, 1.54) is 12.8 Å². The molecule has 0 saturated heterocycles. The summed E-state index contributed by atoms with van der Waals surface area (Å²) in [5.41, 5.74) is 0.961. The monoisotopic (exact) mass is 237 g/mol. The second-order valence-electron chi connectivity index (χ2n) is 4.57. The predicted molar refractivity (Wildman–Crippen MR) is 66.7 cm³/mol. The van der Waals surface area contributed by atoms with Gasteiger partial charge in [0.2, 0.25) is 0 Å². The summed E-state index contributed by atoms with van der Waals surface area (Å²) in [5, 5.41) is 3.18. The first kappa shape index (κ1) is 12.4. The molecule has 1 aromatic rings. The van der Waals surface area contributed by atoms with Crippen LogP contribution in [0.4, 0.5) is 4.39 Å². The molecule has 0 spiro atoms. The van der Waals surface area contributed by atoms with Crippen LogP contribution in [0.25, 0.3) is 0 Å². The van der Waals surface area contributed by atoms with Crippen LogP contribution < -0.4 is 10.1 Å². The van der Waals surface area contributed by atoms with Gasteiger partial charge in [-0.1, -0.05) is 13.0 Å². The molecule has 0 amide bonds. The third-order valence-electron chi connectivity index (χ3n) is 3.17. The van der Waals surface area contributed by atoms with Gasteiger partial charge in [0.1, 0.15) is 0 Å². The maximum absolute atomic E-state index is 13.8. The highest BCUT2D eigenvalue weighted by Gasteiger charge is 2.18. The summed E-state index contributed by atoms with van der Waals surface area (Å²) in [4.78, 5) is 0. The molecular formula is C14H20FNO. The molecular weight excluding hydrogens is 217 g/mol. The highest BCUT2D eigenvalue weighted by Crippen LogP contribution is 2.26. The molecule has 1 N–H and O–H groups in total. The van der Waals surface area contributed by atoms with E-state index in [0.717, 1.165) is 24.9 Å². The van der Waals surface area contributed by atoms with Crippen LogP contribution in [0.1, 0.15) is 38.2 Å². The molecule has 3 heteroatoms. The summed E-state index contributed by atoms with van der Waals surface area (Å²) in [6.45, 7) is 3.63. The van der Waals surface area contributed by atoms with E-state index in [1.807, 2.05) is 13.0 Å². The van der Waals surface area contributed by atoms with Gasteiger partial charge in [-0.05, 0) is 49.9 Å². The number of benzene rings is 1. The molecule has 17 heavy (non-hydrogen) atoms. The highest BCUT2D eigenvalue weighted by atomic mass is 19.1. The van der Waals surface area contributed by atoms with Gasteiger partial charge in [0, 0.05) is 6.54 Å². The number of nitrogens with one attached hydrogen (secondary N) is 1. The second kappa shape index (κ2) is 6.01. The lowest BCUT2D eigenvalue weighted by Crippen LogP contribution is -2.13. The number of rotatable bonds is 5. The average Bonchev–Trinajstić information content (AvgIpc) is 2.82. The molecule has 0 aliphatic heterocycles.